The molecule has 6 nitrogen and oxygen atoms in total. The highest BCUT2D eigenvalue weighted by Crippen LogP contribution is 2.36. The van der Waals surface area contributed by atoms with Gasteiger partial charge in [-0.2, -0.15) is 5.10 Å². The van der Waals surface area contributed by atoms with Crippen molar-refractivity contribution in [2.45, 2.75) is 12.8 Å². The van der Waals surface area contributed by atoms with Gasteiger partial charge in [-0.3, -0.25) is 10.1 Å². The van der Waals surface area contributed by atoms with Gasteiger partial charge in [0.15, 0.2) is 5.82 Å². The van der Waals surface area contributed by atoms with Crippen LogP contribution in [-0.4, -0.2) is 14.7 Å². The highest BCUT2D eigenvalue weighted by Gasteiger charge is 2.23. The number of aromatic nitrogens is 2. The minimum Gasteiger partial charge on any atom is -0.429 e. The molecule has 0 aliphatic heterocycles. The zero-order valence-corrected chi connectivity index (χ0v) is 11.5. The van der Waals surface area contributed by atoms with Crippen LogP contribution < -0.4 is 4.74 Å². The van der Waals surface area contributed by atoms with Crippen LogP contribution in [0.1, 0.15) is 11.3 Å². The van der Waals surface area contributed by atoms with Crippen LogP contribution >= 0.6 is 11.6 Å². The van der Waals surface area contributed by atoms with Crippen molar-refractivity contribution in [3.63, 3.8) is 0 Å². The Morgan fingerprint density at radius 3 is 2.85 bits per heavy atom. The Morgan fingerprint density at radius 1 is 1.55 bits per heavy atom. The second-order valence-electron chi connectivity index (χ2n) is 4.07. The third-order valence-corrected chi connectivity index (χ3v) is 3.03. The van der Waals surface area contributed by atoms with Crippen LogP contribution in [0.5, 0.6) is 11.6 Å². The van der Waals surface area contributed by atoms with E-state index >= 15 is 0 Å². The van der Waals surface area contributed by atoms with Crippen molar-refractivity contribution in [3.05, 3.63) is 45.4 Å². The molecular formula is C12H11ClFN3O3. The van der Waals surface area contributed by atoms with Gasteiger partial charge in [-0.15, -0.1) is 11.6 Å². The molecule has 0 atom stereocenters. The number of benzene rings is 1. The first-order valence-corrected chi connectivity index (χ1v) is 6.18. The number of nitro benzene ring substituents is 1. The second kappa shape index (κ2) is 5.46. The molecule has 0 spiro atoms. The van der Waals surface area contributed by atoms with Gasteiger partial charge in [0.05, 0.1) is 22.1 Å². The topological polar surface area (TPSA) is 70.2 Å². The molecule has 1 aromatic heterocycles. The van der Waals surface area contributed by atoms with E-state index in [1.54, 1.807) is 14.0 Å². The smallest absolute Gasteiger partial charge is 0.314 e. The number of nitro groups is 1. The number of para-hydroxylation sites is 1. The lowest BCUT2D eigenvalue weighted by atomic mass is 10.2. The second-order valence-corrected chi connectivity index (χ2v) is 4.34. The number of hydrogen-bond acceptors (Lipinski definition) is 4. The fraction of sp³-hybridized carbons (Fsp3) is 0.250. The Bertz CT molecular complexity index is 672. The van der Waals surface area contributed by atoms with Crippen molar-refractivity contribution < 1.29 is 14.1 Å². The van der Waals surface area contributed by atoms with Gasteiger partial charge < -0.3 is 4.74 Å². The first kappa shape index (κ1) is 14.3. The lowest BCUT2D eigenvalue weighted by Crippen LogP contribution is -2.01. The molecule has 0 aliphatic rings. The molecule has 20 heavy (non-hydrogen) atoms. The van der Waals surface area contributed by atoms with Crippen molar-refractivity contribution in [2.75, 3.05) is 0 Å². The quantitative estimate of drug-likeness (QED) is 0.493. The summed E-state index contributed by atoms with van der Waals surface area (Å²) in [5, 5.41) is 15.0. The Hall–Kier alpha value is -2.15. The molecule has 1 aromatic carbocycles. The maximum absolute atomic E-state index is 13.8. The summed E-state index contributed by atoms with van der Waals surface area (Å²) in [7, 11) is 1.59. The zero-order valence-electron chi connectivity index (χ0n) is 10.8. The average Bonchev–Trinajstić information content (AvgIpc) is 2.65. The summed E-state index contributed by atoms with van der Waals surface area (Å²) in [6.45, 7) is 1.72. The third kappa shape index (κ3) is 2.44. The van der Waals surface area contributed by atoms with E-state index < -0.39 is 22.2 Å². The third-order valence-electron chi connectivity index (χ3n) is 2.76. The van der Waals surface area contributed by atoms with E-state index in [4.69, 9.17) is 16.3 Å². The number of rotatable bonds is 4. The Balaban J connectivity index is 2.53. The molecule has 0 saturated heterocycles. The van der Waals surface area contributed by atoms with E-state index in [2.05, 4.69) is 5.10 Å². The van der Waals surface area contributed by atoms with Crippen LogP contribution in [0.25, 0.3) is 0 Å². The van der Waals surface area contributed by atoms with Gasteiger partial charge in [-0.1, -0.05) is 6.07 Å². The molecule has 0 unspecified atom stereocenters. The van der Waals surface area contributed by atoms with Gasteiger partial charge in [-0.25, -0.2) is 9.07 Å². The Morgan fingerprint density at radius 2 is 2.25 bits per heavy atom. The van der Waals surface area contributed by atoms with E-state index in [1.165, 1.54) is 16.8 Å². The maximum atomic E-state index is 13.8. The molecule has 0 bridgehead atoms. The van der Waals surface area contributed by atoms with Crippen molar-refractivity contribution in [2.24, 2.45) is 7.05 Å². The number of alkyl halides is 1. The normalized spacial score (nSPS) is 10.6. The number of aryl methyl sites for hydroxylation is 2. The molecule has 0 aliphatic carbocycles. The molecule has 1 heterocycles. The van der Waals surface area contributed by atoms with Crippen LogP contribution in [0.3, 0.4) is 0 Å². The van der Waals surface area contributed by atoms with E-state index in [0.717, 1.165) is 6.07 Å². The molecule has 106 valence electrons. The summed E-state index contributed by atoms with van der Waals surface area (Å²) in [5.74, 6) is -0.979. The van der Waals surface area contributed by atoms with Crippen LogP contribution in [0.2, 0.25) is 0 Å². The predicted molar refractivity (Wildman–Crippen MR) is 70.6 cm³/mol. The maximum Gasteiger partial charge on any atom is 0.314 e. The Kier molecular flexibility index (Phi) is 3.89. The lowest BCUT2D eigenvalue weighted by Gasteiger charge is -2.08. The summed E-state index contributed by atoms with van der Waals surface area (Å²) < 4.78 is 20.5. The standard InChI is InChI=1S/C12H11ClFN3O3/c1-7-8(6-13)12(16(2)15-7)20-11-9(14)4-3-5-10(11)17(18)19/h3-5H,6H2,1-2H3. The van der Waals surface area contributed by atoms with Crippen LogP contribution in [0.15, 0.2) is 18.2 Å². The van der Waals surface area contributed by atoms with E-state index in [9.17, 15) is 14.5 Å². The molecular weight excluding hydrogens is 289 g/mol. The van der Waals surface area contributed by atoms with Crippen molar-refractivity contribution >= 4 is 17.3 Å². The van der Waals surface area contributed by atoms with E-state index in [1.807, 2.05) is 0 Å². The van der Waals surface area contributed by atoms with Crippen molar-refractivity contribution in [1.82, 2.24) is 9.78 Å². The molecule has 0 amide bonds. The van der Waals surface area contributed by atoms with Gasteiger partial charge in [0.1, 0.15) is 0 Å². The van der Waals surface area contributed by atoms with Gasteiger partial charge in [-0.05, 0) is 13.0 Å². The lowest BCUT2D eigenvalue weighted by molar-refractivity contribution is -0.385. The summed E-state index contributed by atoms with van der Waals surface area (Å²) >= 11 is 5.80. The highest BCUT2D eigenvalue weighted by molar-refractivity contribution is 6.17. The first-order valence-electron chi connectivity index (χ1n) is 5.65. The van der Waals surface area contributed by atoms with Crippen LogP contribution in [-0.2, 0) is 12.9 Å². The molecule has 8 heteroatoms. The average molecular weight is 300 g/mol. The molecule has 0 radical (unpaired) electrons. The summed E-state index contributed by atoms with van der Waals surface area (Å²) in [5.41, 5.74) is 0.729. The number of nitrogens with zero attached hydrogens (tertiary/aromatic N) is 3. The van der Waals surface area contributed by atoms with Crippen molar-refractivity contribution in [1.29, 1.82) is 0 Å². The molecule has 0 fully saturated rings. The predicted octanol–water partition coefficient (Wildman–Crippen LogP) is 3.31. The minimum absolute atomic E-state index is 0.108. The van der Waals surface area contributed by atoms with Gasteiger partial charge in [0.2, 0.25) is 11.6 Å². The minimum atomic E-state index is -0.821. The molecule has 2 aromatic rings. The Labute approximate surface area is 118 Å². The van der Waals surface area contributed by atoms with E-state index in [0.29, 0.717) is 11.3 Å². The summed E-state index contributed by atoms with van der Waals surface area (Å²) in [6.07, 6.45) is 0. The monoisotopic (exact) mass is 299 g/mol. The van der Waals surface area contributed by atoms with Gasteiger partial charge in [0, 0.05) is 13.1 Å². The molecule has 0 N–H and O–H groups in total. The molecule has 2 rings (SSSR count). The summed E-state index contributed by atoms with van der Waals surface area (Å²) in [4.78, 5) is 10.2. The van der Waals surface area contributed by atoms with E-state index in [-0.39, 0.29) is 11.8 Å². The van der Waals surface area contributed by atoms with Crippen LogP contribution in [0, 0.1) is 22.9 Å². The summed E-state index contributed by atoms with van der Waals surface area (Å²) in [6, 6.07) is 3.51. The largest absolute Gasteiger partial charge is 0.429 e. The highest BCUT2D eigenvalue weighted by atomic mass is 35.5. The number of ether oxygens (including phenoxy) is 1. The number of halogens is 2. The van der Waals surface area contributed by atoms with Gasteiger partial charge >= 0.3 is 5.69 Å². The van der Waals surface area contributed by atoms with Crippen LogP contribution in [0.4, 0.5) is 10.1 Å². The zero-order chi connectivity index (χ0) is 14.9. The molecule has 0 saturated carbocycles. The van der Waals surface area contributed by atoms with Gasteiger partial charge in [0.25, 0.3) is 0 Å². The number of hydrogen-bond donors (Lipinski definition) is 0. The first-order chi connectivity index (χ1) is 9.45. The fourth-order valence-corrected chi connectivity index (χ4v) is 2.11. The van der Waals surface area contributed by atoms with Crippen molar-refractivity contribution in [3.8, 4) is 11.6 Å². The fourth-order valence-electron chi connectivity index (χ4n) is 1.80. The SMILES string of the molecule is Cc1nn(C)c(Oc2c(F)cccc2[N+](=O)[O-])c1CCl.